The summed E-state index contributed by atoms with van der Waals surface area (Å²) in [5.41, 5.74) is 0.156. The van der Waals surface area contributed by atoms with Crippen LogP contribution in [0.3, 0.4) is 0 Å². The number of amides is 1. The van der Waals surface area contributed by atoms with E-state index in [1.54, 1.807) is 0 Å². The molecular weight excluding hydrogens is 200 g/mol. The topological polar surface area (TPSA) is 83.6 Å². The Labute approximate surface area is 85.5 Å². The van der Waals surface area contributed by atoms with Gasteiger partial charge in [-0.05, 0) is 12.8 Å². The fraction of sp³-hybridized carbons (Fsp3) is 0.444. The number of aromatic nitrogens is 1. The predicted molar refractivity (Wildman–Crippen MR) is 48.2 cm³/mol. The molecule has 0 aromatic carbocycles. The number of likely N-dealkylation sites (tertiary alicyclic amines) is 1. The van der Waals surface area contributed by atoms with Crippen LogP contribution < -0.4 is 0 Å². The van der Waals surface area contributed by atoms with Gasteiger partial charge in [-0.1, -0.05) is 5.16 Å². The highest BCUT2D eigenvalue weighted by atomic mass is 16.5. The molecule has 1 aromatic rings. The van der Waals surface area contributed by atoms with E-state index in [4.69, 9.17) is 5.11 Å². The minimum atomic E-state index is -0.968. The van der Waals surface area contributed by atoms with Crippen molar-refractivity contribution in [2.75, 3.05) is 6.54 Å². The average Bonchev–Trinajstić information content (AvgIpc) is 2.88. The van der Waals surface area contributed by atoms with Gasteiger partial charge in [-0.2, -0.15) is 0 Å². The Morgan fingerprint density at radius 1 is 1.60 bits per heavy atom. The van der Waals surface area contributed by atoms with Crippen LogP contribution in [-0.2, 0) is 4.79 Å². The van der Waals surface area contributed by atoms with Crippen LogP contribution in [0.2, 0.25) is 0 Å². The summed E-state index contributed by atoms with van der Waals surface area (Å²) in [5.74, 6) is -1.35. The van der Waals surface area contributed by atoms with E-state index < -0.39 is 12.0 Å². The summed E-state index contributed by atoms with van der Waals surface area (Å²) in [6.07, 6.45) is 2.50. The fourth-order valence-corrected chi connectivity index (χ4v) is 1.74. The van der Waals surface area contributed by atoms with E-state index in [1.807, 2.05) is 0 Å². The van der Waals surface area contributed by atoms with E-state index in [0.29, 0.717) is 19.4 Å². The minimum Gasteiger partial charge on any atom is -0.480 e. The Balaban J connectivity index is 2.17. The zero-order chi connectivity index (χ0) is 10.8. The van der Waals surface area contributed by atoms with Gasteiger partial charge in [-0.25, -0.2) is 4.79 Å². The maximum atomic E-state index is 11.8. The monoisotopic (exact) mass is 210 g/mol. The number of hydrogen-bond donors (Lipinski definition) is 1. The molecule has 6 heteroatoms. The summed E-state index contributed by atoms with van der Waals surface area (Å²) in [4.78, 5) is 23.9. The highest BCUT2D eigenvalue weighted by Gasteiger charge is 2.35. The summed E-state index contributed by atoms with van der Waals surface area (Å²) in [5, 5.41) is 12.4. The number of carboxylic acids is 1. The number of hydrogen-bond acceptors (Lipinski definition) is 4. The quantitative estimate of drug-likeness (QED) is 0.762. The predicted octanol–water partition coefficient (Wildman–Crippen LogP) is 0.364. The van der Waals surface area contributed by atoms with Gasteiger partial charge >= 0.3 is 5.97 Å². The van der Waals surface area contributed by atoms with Crippen LogP contribution in [0, 0.1) is 0 Å². The molecule has 0 bridgehead atoms. The largest absolute Gasteiger partial charge is 0.480 e. The number of carbonyl (C=O) groups is 2. The van der Waals surface area contributed by atoms with Crippen molar-refractivity contribution in [3.63, 3.8) is 0 Å². The summed E-state index contributed by atoms with van der Waals surface area (Å²) in [7, 11) is 0. The molecule has 0 radical (unpaired) electrons. The van der Waals surface area contributed by atoms with E-state index in [2.05, 4.69) is 9.68 Å². The standard InChI is InChI=1S/C9H10N2O4/c12-8(6-3-5-15-10-6)11-4-1-2-7(11)9(13)14/h3,5,7H,1-2,4H2,(H,13,14). The van der Waals surface area contributed by atoms with Gasteiger partial charge in [0.25, 0.3) is 5.91 Å². The lowest BCUT2D eigenvalue weighted by Gasteiger charge is -2.19. The Bertz CT molecular complexity index is 373. The molecule has 1 aliphatic rings. The molecule has 6 nitrogen and oxygen atoms in total. The van der Waals surface area contributed by atoms with E-state index in [-0.39, 0.29) is 11.6 Å². The lowest BCUT2D eigenvalue weighted by molar-refractivity contribution is -0.141. The van der Waals surface area contributed by atoms with Gasteiger partial charge in [0.15, 0.2) is 5.69 Å². The van der Waals surface area contributed by atoms with Crippen molar-refractivity contribution >= 4 is 11.9 Å². The smallest absolute Gasteiger partial charge is 0.326 e. The van der Waals surface area contributed by atoms with Crippen LogP contribution in [-0.4, -0.2) is 39.6 Å². The van der Waals surface area contributed by atoms with Crippen molar-refractivity contribution in [3.8, 4) is 0 Å². The van der Waals surface area contributed by atoms with Crippen molar-refractivity contribution in [1.29, 1.82) is 0 Å². The number of aliphatic carboxylic acids is 1. The summed E-state index contributed by atoms with van der Waals surface area (Å²) in [6, 6.07) is 0.703. The van der Waals surface area contributed by atoms with Gasteiger partial charge in [0.1, 0.15) is 12.3 Å². The van der Waals surface area contributed by atoms with Crippen molar-refractivity contribution in [2.45, 2.75) is 18.9 Å². The lowest BCUT2D eigenvalue weighted by atomic mass is 10.2. The third-order valence-electron chi connectivity index (χ3n) is 2.46. The molecule has 1 aromatic heterocycles. The highest BCUT2D eigenvalue weighted by Crippen LogP contribution is 2.19. The van der Waals surface area contributed by atoms with Gasteiger partial charge in [0.2, 0.25) is 0 Å². The Morgan fingerprint density at radius 2 is 2.40 bits per heavy atom. The number of rotatable bonds is 2. The molecule has 1 unspecified atom stereocenters. The lowest BCUT2D eigenvalue weighted by Crippen LogP contribution is -2.40. The van der Waals surface area contributed by atoms with E-state index in [1.165, 1.54) is 17.2 Å². The molecule has 1 saturated heterocycles. The maximum Gasteiger partial charge on any atom is 0.326 e. The second kappa shape index (κ2) is 3.72. The van der Waals surface area contributed by atoms with Crippen LogP contribution in [0.4, 0.5) is 0 Å². The number of carbonyl (C=O) groups excluding carboxylic acids is 1. The normalized spacial score (nSPS) is 20.5. The van der Waals surface area contributed by atoms with Crippen LogP contribution in [0.25, 0.3) is 0 Å². The first-order valence-corrected chi connectivity index (χ1v) is 4.64. The second-order valence-electron chi connectivity index (χ2n) is 3.38. The van der Waals surface area contributed by atoms with Crippen molar-refractivity contribution in [1.82, 2.24) is 10.1 Å². The molecule has 15 heavy (non-hydrogen) atoms. The second-order valence-corrected chi connectivity index (χ2v) is 3.38. The van der Waals surface area contributed by atoms with Gasteiger partial charge in [0.05, 0.1) is 0 Å². The number of nitrogens with zero attached hydrogens (tertiary/aromatic N) is 2. The Morgan fingerprint density at radius 3 is 3.00 bits per heavy atom. The average molecular weight is 210 g/mol. The molecule has 2 heterocycles. The van der Waals surface area contributed by atoms with E-state index in [0.717, 1.165) is 0 Å². The molecule has 2 rings (SSSR count). The zero-order valence-electron chi connectivity index (χ0n) is 7.92. The molecule has 1 atom stereocenters. The third-order valence-corrected chi connectivity index (χ3v) is 2.46. The molecule has 1 fully saturated rings. The Hall–Kier alpha value is -1.85. The van der Waals surface area contributed by atoms with Gasteiger partial charge in [0, 0.05) is 12.6 Å². The van der Waals surface area contributed by atoms with Crippen LogP contribution in [0.1, 0.15) is 23.3 Å². The zero-order valence-corrected chi connectivity index (χ0v) is 7.92. The summed E-state index contributed by atoms with van der Waals surface area (Å²) in [6.45, 7) is 0.461. The fourth-order valence-electron chi connectivity index (χ4n) is 1.74. The van der Waals surface area contributed by atoms with E-state index in [9.17, 15) is 9.59 Å². The SMILES string of the molecule is O=C(O)C1CCCN1C(=O)c1ccon1. The van der Waals surface area contributed by atoms with Crippen LogP contribution in [0.5, 0.6) is 0 Å². The van der Waals surface area contributed by atoms with E-state index >= 15 is 0 Å². The van der Waals surface area contributed by atoms with Crippen molar-refractivity contribution < 1.29 is 19.2 Å². The molecular formula is C9H10N2O4. The third kappa shape index (κ3) is 1.70. The van der Waals surface area contributed by atoms with Crippen molar-refractivity contribution in [2.24, 2.45) is 0 Å². The van der Waals surface area contributed by atoms with Gasteiger partial charge < -0.3 is 14.5 Å². The molecule has 0 spiro atoms. The van der Waals surface area contributed by atoms with Crippen LogP contribution >= 0.6 is 0 Å². The Kier molecular flexibility index (Phi) is 2.40. The van der Waals surface area contributed by atoms with Crippen molar-refractivity contribution in [3.05, 3.63) is 18.0 Å². The molecule has 1 amide bonds. The first-order valence-electron chi connectivity index (χ1n) is 4.64. The van der Waals surface area contributed by atoms with Gasteiger partial charge in [-0.3, -0.25) is 4.79 Å². The van der Waals surface area contributed by atoms with Gasteiger partial charge in [-0.15, -0.1) is 0 Å². The summed E-state index contributed by atoms with van der Waals surface area (Å²) < 4.78 is 4.55. The molecule has 80 valence electrons. The minimum absolute atomic E-state index is 0.156. The molecule has 0 aliphatic carbocycles. The highest BCUT2D eigenvalue weighted by molar-refractivity contribution is 5.95. The molecule has 0 saturated carbocycles. The number of carboxylic acid groups (broad SMARTS) is 1. The molecule has 1 aliphatic heterocycles. The summed E-state index contributed by atoms with van der Waals surface area (Å²) >= 11 is 0. The first-order chi connectivity index (χ1) is 7.20. The molecule has 1 N–H and O–H groups in total. The maximum absolute atomic E-state index is 11.8. The van der Waals surface area contributed by atoms with Crippen LogP contribution in [0.15, 0.2) is 16.9 Å². The first kappa shape index (κ1) is 9.70.